The lowest BCUT2D eigenvalue weighted by atomic mass is 9.99. The molecule has 1 heterocycles. The molecule has 5 heteroatoms. The lowest BCUT2D eigenvalue weighted by Crippen LogP contribution is -1.95. The van der Waals surface area contributed by atoms with Gasteiger partial charge < -0.3 is 0 Å². The number of rotatable bonds is 3. The number of carbonyl (C=O) groups is 2. The minimum absolute atomic E-state index is 0.0221. The second kappa shape index (κ2) is 9.79. The minimum Gasteiger partial charge on any atom is -0.295 e. The van der Waals surface area contributed by atoms with Crippen LogP contribution in [-0.4, -0.2) is 20.3 Å². The van der Waals surface area contributed by atoms with Crippen LogP contribution < -0.4 is 0 Å². The molecule has 0 unspecified atom stereocenters. The Morgan fingerprint density at radius 1 is 0.760 bits per heavy atom. The van der Waals surface area contributed by atoms with E-state index in [1.165, 1.54) is 6.92 Å². The molecule has 0 aliphatic rings. The molecule has 0 amide bonds. The lowest BCUT2D eigenvalue weighted by molar-refractivity contribution is 0.101. The van der Waals surface area contributed by atoms with Gasteiger partial charge in [-0.3, -0.25) is 9.59 Å². The maximum absolute atomic E-state index is 11.6. The summed E-state index contributed by atoms with van der Waals surface area (Å²) in [7, 11) is 0. The minimum atomic E-state index is -0.0221. The maximum atomic E-state index is 11.6. The number of aromatic nitrogens is 2. The Balaban J connectivity index is 0.000000730. The molecule has 0 bridgehead atoms. The molecule has 0 fully saturated rings. The zero-order valence-corrected chi connectivity index (χ0v) is 16.4. The van der Waals surface area contributed by atoms with Crippen molar-refractivity contribution in [2.24, 2.45) is 0 Å². The summed E-state index contributed by atoms with van der Waals surface area (Å²) >= 11 is 1.09. The SMILES string of the molecule is CC.CC.CC(=O)c1ccc(-c2ccc(C(C)=O)c3nsnc23)cc1. The molecule has 0 saturated heterocycles. The summed E-state index contributed by atoms with van der Waals surface area (Å²) in [6, 6.07) is 11.0. The number of hydrogen-bond donors (Lipinski definition) is 0. The van der Waals surface area contributed by atoms with E-state index in [9.17, 15) is 9.59 Å². The third kappa shape index (κ3) is 4.57. The largest absolute Gasteiger partial charge is 0.295 e. The van der Waals surface area contributed by atoms with E-state index in [1.807, 2.05) is 45.9 Å². The van der Waals surface area contributed by atoms with Crippen molar-refractivity contribution < 1.29 is 9.59 Å². The quantitative estimate of drug-likeness (QED) is 0.555. The molecular weight excluding hydrogens is 332 g/mol. The molecule has 0 aliphatic heterocycles. The van der Waals surface area contributed by atoms with Gasteiger partial charge in [-0.2, -0.15) is 8.75 Å². The summed E-state index contributed by atoms with van der Waals surface area (Å²) in [5.41, 5.74) is 4.49. The average Bonchev–Trinajstić information content (AvgIpc) is 3.14. The van der Waals surface area contributed by atoms with E-state index in [2.05, 4.69) is 8.75 Å². The van der Waals surface area contributed by atoms with Gasteiger partial charge in [0.25, 0.3) is 0 Å². The predicted molar refractivity (Wildman–Crippen MR) is 106 cm³/mol. The first-order valence-electron chi connectivity index (χ1n) is 8.45. The van der Waals surface area contributed by atoms with Crippen LogP contribution in [0.1, 0.15) is 62.3 Å². The molecular formula is C20H24N2O2S. The van der Waals surface area contributed by atoms with Gasteiger partial charge in [-0.25, -0.2) is 0 Å². The maximum Gasteiger partial charge on any atom is 0.162 e. The molecule has 25 heavy (non-hydrogen) atoms. The molecule has 2 aromatic carbocycles. The number of benzene rings is 2. The van der Waals surface area contributed by atoms with Crippen LogP contribution in [0.25, 0.3) is 22.2 Å². The third-order valence-corrected chi connectivity index (χ3v) is 3.93. The summed E-state index contributed by atoms with van der Waals surface area (Å²) in [6.07, 6.45) is 0. The van der Waals surface area contributed by atoms with Crippen molar-refractivity contribution in [1.82, 2.24) is 8.75 Å². The molecule has 0 spiro atoms. The first kappa shape index (κ1) is 20.6. The van der Waals surface area contributed by atoms with Crippen LogP contribution in [0, 0.1) is 0 Å². The zero-order chi connectivity index (χ0) is 19.0. The normalized spacial score (nSPS) is 9.52. The molecule has 0 radical (unpaired) electrons. The Hall–Kier alpha value is -2.40. The number of ketones is 2. The number of hydrogen-bond acceptors (Lipinski definition) is 5. The van der Waals surface area contributed by atoms with Crippen molar-refractivity contribution in [2.45, 2.75) is 41.5 Å². The van der Waals surface area contributed by atoms with E-state index in [-0.39, 0.29) is 11.6 Å². The van der Waals surface area contributed by atoms with Crippen LogP contribution in [0.3, 0.4) is 0 Å². The van der Waals surface area contributed by atoms with Crippen LogP contribution in [-0.2, 0) is 0 Å². The highest BCUT2D eigenvalue weighted by atomic mass is 32.1. The molecule has 0 aliphatic carbocycles. The number of Topliss-reactive ketones (excluding diaryl/α,β-unsaturated/α-hetero) is 2. The number of fused-ring (bicyclic) bond motifs is 1. The van der Waals surface area contributed by atoms with Gasteiger partial charge in [0.2, 0.25) is 0 Å². The molecule has 0 N–H and O–H groups in total. The first-order valence-corrected chi connectivity index (χ1v) is 9.18. The summed E-state index contributed by atoms with van der Waals surface area (Å²) < 4.78 is 8.53. The van der Waals surface area contributed by atoms with Crippen molar-refractivity contribution in [3.8, 4) is 11.1 Å². The molecule has 0 atom stereocenters. The number of nitrogens with zero attached hydrogens (tertiary/aromatic N) is 2. The van der Waals surface area contributed by atoms with Crippen LogP contribution in [0.15, 0.2) is 36.4 Å². The summed E-state index contributed by atoms with van der Waals surface area (Å²) in [5.74, 6) is 0.0140. The molecule has 1 aromatic heterocycles. The standard InChI is InChI=1S/C16H12N2O2S.2C2H6/c1-9(19)11-3-5-12(6-4-11)14-8-7-13(10(2)20)15-16(14)18-21-17-15;2*1-2/h3-8H,1-2H3;2*1-2H3. The zero-order valence-electron chi connectivity index (χ0n) is 15.6. The van der Waals surface area contributed by atoms with Crippen molar-refractivity contribution in [3.05, 3.63) is 47.5 Å². The Labute approximate surface area is 153 Å². The monoisotopic (exact) mass is 356 g/mol. The Bertz CT molecular complexity index is 852. The highest BCUT2D eigenvalue weighted by Crippen LogP contribution is 2.30. The second-order valence-corrected chi connectivity index (χ2v) is 5.34. The Morgan fingerprint density at radius 2 is 1.32 bits per heavy atom. The van der Waals surface area contributed by atoms with E-state index in [0.29, 0.717) is 16.6 Å². The fourth-order valence-corrected chi connectivity index (χ4v) is 2.84. The summed E-state index contributed by atoms with van der Waals surface area (Å²) in [5, 5.41) is 0. The van der Waals surface area contributed by atoms with E-state index in [4.69, 9.17) is 0 Å². The van der Waals surface area contributed by atoms with Crippen LogP contribution in [0.4, 0.5) is 0 Å². The van der Waals surface area contributed by atoms with Crippen LogP contribution in [0.2, 0.25) is 0 Å². The second-order valence-electron chi connectivity index (χ2n) is 4.81. The molecule has 0 saturated carbocycles. The van der Waals surface area contributed by atoms with E-state index >= 15 is 0 Å². The highest BCUT2D eigenvalue weighted by molar-refractivity contribution is 7.00. The third-order valence-electron chi connectivity index (χ3n) is 3.40. The van der Waals surface area contributed by atoms with Gasteiger partial charge in [0.05, 0.1) is 11.7 Å². The van der Waals surface area contributed by atoms with E-state index < -0.39 is 0 Å². The van der Waals surface area contributed by atoms with Gasteiger partial charge in [0, 0.05) is 16.7 Å². The van der Waals surface area contributed by atoms with Gasteiger partial charge in [-0.1, -0.05) is 58.0 Å². The van der Waals surface area contributed by atoms with Crippen LogP contribution in [0.5, 0.6) is 0 Å². The van der Waals surface area contributed by atoms with Gasteiger partial charge in [0.15, 0.2) is 11.6 Å². The first-order chi connectivity index (χ1) is 12.1. The Morgan fingerprint density at radius 3 is 1.84 bits per heavy atom. The van der Waals surface area contributed by atoms with Crippen molar-refractivity contribution in [2.75, 3.05) is 0 Å². The van der Waals surface area contributed by atoms with Crippen LogP contribution >= 0.6 is 11.7 Å². The van der Waals surface area contributed by atoms with Crippen molar-refractivity contribution in [1.29, 1.82) is 0 Å². The average molecular weight is 356 g/mol. The highest BCUT2D eigenvalue weighted by Gasteiger charge is 2.14. The van der Waals surface area contributed by atoms with Gasteiger partial charge in [0.1, 0.15) is 11.0 Å². The lowest BCUT2D eigenvalue weighted by Gasteiger charge is -2.05. The summed E-state index contributed by atoms with van der Waals surface area (Å²) in [4.78, 5) is 22.9. The fourth-order valence-electron chi connectivity index (χ4n) is 2.27. The van der Waals surface area contributed by atoms with Gasteiger partial charge in [-0.05, 0) is 25.5 Å². The van der Waals surface area contributed by atoms with E-state index in [0.717, 1.165) is 28.4 Å². The molecule has 3 aromatic rings. The molecule has 132 valence electrons. The van der Waals surface area contributed by atoms with Gasteiger partial charge in [-0.15, -0.1) is 0 Å². The van der Waals surface area contributed by atoms with Crippen molar-refractivity contribution >= 4 is 34.3 Å². The summed E-state index contributed by atoms with van der Waals surface area (Å²) in [6.45, 7) is 11.1. The predicted octanol–water partition coefficient (Wildman–Crippen LogP) is 5.82. The Kier molecular flexibility index (Phi) is 8.08. The number of carbonyl (C=O) groups excluding carboxylic acids is 2. The van der Waals surface area contributed by atoms with E-state index in [1.54, 1.807) is 25.1 Å². The molecule has 4 nitrogen and oxygen atoms in total. The van der Waals surface area contributed by atoms with Crippen molar-refractivity contribution in [3.63, 3.8) is 0 Å². The smallest absolute Gasteiger partial charge is 0.162 e. The van der Waals surface area contributed by atoms with Gasteiger partial charge >= 0.3 is 0 Å². The topological polar surface area (TPSA) is 59.9 Å². The fraction of sp³-hybridized carbons (Fsp3) is 0.300. The molecule has 3 rings (SSSR count).